The molecule has 0 aliphatic heterocycles. The maximum absolute atomic E-state index is 12.2. The Morgan fingerprint density at radius 2 is 2.11 bits per heavy atom. The van der Waals surface area contributed by atoms with Crippen molar-refractivity contribution in [1.82, 2.24) is 9.38 Å². The van der Waals surface area contributed by atoms with E-state index in [1.165, 1.54) is 22.2 Å². The van der Waals surface area contributed by atoms with Crippen LogP contribution in [0.1, 0.15) is 12.6 Å². The Kier molecular flexibility index (Phi) is 6.52. The van der Waals surface area contributed by atoms with E-state index in [0.717, 1.165) is 4.47 Å². The normalized spacial score (nSPS) is 10.7. The highest BCUT2D eigenvalue weighted by atomic mass is 79.9. The van der Waals surface area contributed by atoms with E-state index in [1.54, 1.807) is 18.3 Å². The zero-order valence-electron chi connectivity index (χ0n) is 14.6. The van der Waals surface area contributed by atoms with E-state index in [2.05, 4.69) is 26.2 Å². The molecule has 0 aliphatic rings. The number of fused-ring (bicyclic) bond motifs is 1. The second-order valence-corrected chi connectivity index (χ2v) is 7.53. The van der Waals surface area contributed by atoms with Gasteiger partial charge in [0.2, 0.25) is 5.91 Å². The summed E-state index contributed by atoms with van der Waals surface area (Å²) >= 11 is 4.74. The first kappa shape index (κ1) is 19.4. The fourth-order valence-electron chi connectivity index (χ4n) is 2.49. The van der Waals surface area contributed by atoms with Crippen molar-refractivity contribution in [1.29, 1.82) is 0 Å². The minimum absolute atomic E-state index is 0.131. The topological polar surface area (TPSA) is 72.7 Å². The van der Waals surface area contributed by atoms with Crippen LogP contribution < -0.4 is 15.6 Å². The monoisotopic (exact) mass is 447 g/mol. The predicted octanol–water partition coefficient (Wildman–Crippen LogP) is 3.73. The van der Waals surface area contributed by atoms with Crippen LogP contribution in [0.2, 0.25) is 0 Å². The minimum atomic E-state index is -0.146. The highest BCUT2D eigenvalue weighted by Crippen LogP contribution is 2.24. The average molecular weight is 448 g/mol. The van der Waals surface area contributed by atoms with Crippen LogP contribution >= 0.6 is 27.7 Å². The van der Waals surface area contributed by atoms with E-state index in [1.807, 2.05) is 31.2 Å². The summed E-state index contributed by atoms with van der Waals surface area (Å²) in [6.07, 6.45) is 1.69. The lowest BCUT2D eigenvalue weighted by atomic mass is 10.3. The Bertz CT molecular complexity index is 1020. The average Bonchev–Trinajstić information content (AvgIpc) is 2.64. The van der Waals surface area contributed by atoms with Crippen molar-refractivity contribution in [2.45, 2.75) is 12.7 Å². The Hall–Kier alpha value is -2.32. The lowest BCUT2D eigenvalue weighted by Crippen LogP contribution is -2.16. The molecule has 2 aromatic heterocycles. The molecule has 6 nitrogen and oxygen atoms in total. The largest absolute Gasteiger partial charge is 0.492 e. The van der Waals surface area contributed by atoms with E-state index in [0.29, 0.717) is 35.1 Å². The number of hydrogen-bond donors (Lipinski definition) is 1. The molecular formula is C19H18BrN3O3S. The first-order chi connectivity index (χ1) is 13.1. The van der Waals surface area contributed by atoms with Crippen LogP contribution in [-0.2, 0) is 10.5 Å². The smallest absolute Gasteiger partial charge is 0.258 e. The molecule has 0 unspecified atom stereocenters. The molecule has 8 heteroatoms. The maximum Gasteiger partial charge on any atom is 0.258 e. The fourth-order valence-corrected chi connectivity index (χ4v) is 3.54. The number of thioether (sulfide) groups is 1. The molecule has 3 aromatic rings. The van der Waals surface area contributed by atoms with Gasteiger partial charge in [-0.05, 0) is 47.1 Å². The van der Waals surface area contributed by atoms with E-state index < -0.39 is 0 Å². The third kappa shape index (κ3) is 5.11. The second-order valence-electron chi connectivity index (χ2n) is 5.63. The van der Waals surface area contributed by atoms with E-state index in [4.69, 9.17) is 4.74 Å². The van der Waals surface area contributed by atoms with E-state index >= 15 is 0 Å². The second kappa shape index (κ2) is 9.05. The summed E-state index contributed by atoms with van der Waals surface area (Å²) in [6.45, 7) is 2.42. The Balaban J connectivity index is 1.60. The van der Waals surface area contributed by atoms with Crippen LogP contribution in [0.4, 0.5) is 5.69 Å². The van der Waals surface area contributed by atoms with Crippen molar-refractivity contribution >= 4 is 44.9 Å². The molecule has 0 radical (unpaired) electrons. The molecule has 0 spiro atoms. The zero-order valence-corrected chi connectivity index (χ0v) is 17.0. The van der Waals surface area contributed by atoms with E-state index in [-0.39, 0.29) is 17.2 Å². The number of pyridine rings is 1. The van der Waals surface area contributed by atoms with Gasteiger partial charge in [-0.1, -0.05) is 12.1 Å². The van der Waals surface area contributed by atoms with Crippen LogP contribution in [0, 0.1) is 0 Å². The van der Waals surface area contributed by atoms with Crippen molar-refractivity contribution in [2.75, 3.05) is 17.7 Å². The number of anilines is 1. The maximum atomic E-state index is 12.2. The molecule has 0 bridgehead atoms. The Morgan fingerprint density at radius 3 is 2.93 bits per heavy atom. The third-order valence-electron chi connectivity index (χ3n) is 3.62. The number of aromatic nitrogens is 2. The highest BCUT2D eigenvalue weighted by Gasteiger charge is 2.09. The quantitative estimate of drug-likeness (QED) is 0.597. The van der Waals surface area contributed by atoms with Gasteiger partial charge in [-0.3, -0.25) is 14.0 Å². The van der Waals surface area contributed by atoms with Crippen LogP contribution in [0.5, 0.6) is 5.75 Å². The number of hydrogen-bond acceptors (Lipinski definition) is 5. The molecule has 1 aromatic carbocycles. The molecule has 140 valence electrons. The predicted molar refractivity (Wildman–Crippen MR) is 112 cm³/mol. The first-order valence-corrected chi connectivity index (χ1v) is 10.3. The number of amides is 1. The lowest BCUT2D eigenvalue weighted by Gasteiger charge is -2.11. The molecule has 0 saturated heterocycles. The van der Waals surface area contributed by atoms with Gasteiger partial charge in [-0.15, -0.1) is 11.8 Å². The SMILES string of the molecule is CCOc1ccccc1NC(=O)CSCc1cc(=O)n2cc(Br)ccc2n1. The number of ether oxygens (including phenoxy) is 1. The van der Waals surface area contributed by atoms with Crippen LogP contribution in [0.15, 0.2) is 57.9 Å². The van der Waals surface area contributed by atoms with Gasteiger partial charge in [0.05, 0.1) is 23.7 Å². The summed E-state index contributed by atoms with van der Waals surface area (Å²) in [5.41, 5.74) is 1.73. The molecule has 0 fully saturated rings. The number of nitrogens with one attached hydrogen (secondary N) is 1. The standard InChI is InChI=1S/C19H18BrN3O3S/c1-2-26-16-6-4-3-5-15(16)22-18(24)12-27-11-14-9-19(25)23-10-13(20)7-8-17(23)21-14/h3-10H,2,11-12H2,1H3,(H,22,24). The summed E-state index contributed by atoms with van der Waals surface area (Å²) < 4.78 is 7.79. The van der Waals surface area contributed by atoms with Gasteiger partial charge in [0.1, 0.15) is 11.4 Å². The third-order valence-corrected chi connectivity index (χ3v) is 5.06. The number of rotatable bonds is 7. The van der Waals surface area contributed by atoms with Gasteiger partial charge in [-0.25, -0.2) is 4.98 Å². The van der Waals surface area contributed by atoms with Gasteiger partial charge in [0.25, 0.3) is 5.56 Å². The Labute approximate surface area is 169 Å². The summed E-state index contributed by atoms with van der Waals surface area (Å²) in [5.74, 6) is 1.24. The van der Waals surface area contributed by atoms with Crippen molar-refractivity contribution in [3.05, 3.63) is 69.2 Å². The first-order valence-electron chi connectivity index (χ1n) is 8.34. The Morgan fingerprint density at radius 1 is 1.30 bits per heavy atom. The summed E-state index contributed by atoms with van der Waals surface area (Å²) in [5, 5.41) is 2.85. The van der Waals surface area contributed by atoms with Crippen molar-refractivity contribution in [3.63, 3.8) is 0 Å². The molecule has 3 rings (SSSR count). The van der Waals surface area contributed by atoms with Gasteiger partial charge in [0.15, 0.2) is 0 Å². The number of carbonyl (C=O) groups is 1. The van der Waals surface area contributed by atoms with Gasteiger partial charge >= 0.3 is 0 Å². The number of nitrogens with zero attached hydrogens (tertiary/aromatic N) is 2. The van der Waals surface area contributed by atoms with Crippen molar-refractivity contribution in [2.24, 2.45) is 0 Å². The fraction of sp³-hybridized carbons (Fsp3) is 0.211. The molecular weight excluding hydrogens is 430 g/mol. The van der Waals surface area contributed by atoms with E-state index in [9.17, 15) is 9.59 Å². The highest BCUT2D eigenvalue weighted by molar-refractivity contribution is 9.10. The molecule has 0 saturated carbocycles. The van der Waals surface area contributed by atoms with Crippen LogP contribution in [0.25, 0.3) is 5.65 Å². The minimum Gasteiger partial charge on any atom is -0.492 e. The van der Waals surface area contributed by atoms with Crippen LogP contribution in [0.3, 0.4) is 0 Å². The summed E-state index contributed by atoms with van der Waals surface area (Å²) in [6, 6.07) is 12.4. The summed E-state index contributed by atoms with van der Waals surface area (Å²) in [4.78, 5) is 28.9. The van der Waals surface area contributed by atoms with Crippen molar-refractivity contribution in [3.8, 4) is 5.75 Å². The molecule has 0 aliphatic carbocycles. The number of carbonyl (C=O) groups excluding carboxylic acids is 1. The van der Waals surface area contributed by atoms with Gasteiger partial charge in [0, 0.05) is 22.5 Å². The molecule has 2 heterocycles. The molecule has 1 amide bonds. The van der Waals surface area contributed by atoms with Gasteiger partial charge in [-0.2, -0.15) is 0 Å². The number of benzene rings is 1. The van der Waals surface area contributed by atoms with Crippen molar-refractivity contribution < 1.29 is 9.53 Å². The van der Waals surface area contributed by atoms with Crippen LogP contribution in [-0.4, -0.2) is 27.7 Å². The lowest BCUT2D eigenvalue weighted by molar-refractivity contribution is -0.113. The molecule has 27 heavy (non-hydrogen) atoms. The van der Waals surface area contributed by atoms with Gasteiger partial charge < -0.3 is 10.1 Å². The molecule has 0 atom stereocenters. The number of halogens is 1. The summed E-state index contributed by atoms with van der Waals surface area (Å²) in [7, 11) is 0. The number of para-hydroxylation sites is 2. The zero-order chi connectivity index (χ0) is 19.2. The molecule has 1 N–H and O–H groups in total.